The summed E-state index contributed by atoms with van der Waals surface area (Å²) in [7, 11) is 0. The largest absolute Gasteiger partial charge is 0.393 e. The second kappa shape index (κ2) is 3.30. The van der Waals surface area contributed by atoms with Gasteiger partial charge in [-0.15, -0.1) is 0 Å². The number of nitriles is 1. The van der Waals surface area contributed by atoms with Gasteiger partial charge in [-0.2, -0.15) is 5.26 Å². The lowest BCUT2D eigenvalue weighted by Gasteiger charge is -2.32. The van der Waals surface area contributed by atoms with Gasteiger partial charge in [0.05, 0.1) is 12.2 Å². The maximum Gasteiger partial charge on any atom is 0.182 e. The zero-order valence-corrected chi connectivity index (χ0v) is 9.26. The monoisotopic (exact) mass is 191 g/mol. The molecule has 0 heterocycles. The molecular weight excluding hydrogens is 174 g/mol. The smallest absolute Gasteiger partial charge is 0.182 e. The van der Waals surface area contributed by atoms with Gasteiger partial charge in [0.2, 0.25) is 0 Å². The van der Waals surface area contributed by atoms with Crippen molar-refractivity contribution in [3.8, 4) is 17.9 Å². The lowest BCUT2D eigenvalue weighted by Crippen LogP contribution is -2.33. The van der Waals surface area contributed by atoms with Crippen molar-refractivity contribution in [2.75, 3.05) is 0 Å². The maximum absolute atomic E-state index is 9.78. The zero-order valence-electron chi connectivity index (χ0n) is 9.26. The topological polar surface area (TPSA) is 44.0 Å². The predicted molar refractivity (Wildman–Crippen MR) is 55.1 cm³/mol. The average Bonchev–Trinajstić information content (AvgIpc) is 2.83. The van der Waals surface area contributed by atoms with E-state index in [9.17, 15) is 5.11 Å². The van der Waals surface area contributed by atoms with E-state index >= 15 is 0 Å². The number of aliphatic hydroxyl groups excluding tert-OH is 1. The van der Waals surface area contributed by atoms with Gasteiger partial charge in [-0.1, -0.05) is 39.5 Å². The van der Waals surface area contributed by atoms with Gasteiger partial charge in [-0.3, -0.25) is 0 Å². The van der Waals surface area contributed by atoms with Crippen molar-refractivity contribution < 1.29 is 5.11 Å². The van der Waals surface area contributed by atoms with E-state index in [1.54, 1.807) is 0 Å². The first-order valence-corrected chi connectivity index (χ1v) is 4.98. The van der Waals surface area contributed by atoms with Crippen LogP contribution in [0, 0.1) is 39.9 Å². The second-order valence-corrected chi connectivity index (χ2v) is 5.01. The number of aliphatic hydroxyl groups is 1. The molecule has 0 spiro atoms. The minimum atomic E-state index is -0.650. The van der Waals surface area contributed by atoms with Crippen molar-refractivity contribution in [1.29, 1.82) is 5.26 Å². The third kappa shape index (κ3) is 1.76. The van der Waals surface area contributed by atoms with Crippen LogP contribution in [0.1, 0.15) is 34.1 Å². The van der Waals surface area contributed by atoms with Crippen LogP contribution in [-0.2, 0) is 0 Å². The number of nitrogens with zero attached hydrogens (tertiary/aromatic N) is 1. The lowest BCUT2D eigenvalue weighted by atomic mass is 9.69. The summed E-state index contributed by atoms with van der Waals surface area (Å²) in [6.07, 6.45) is 0.248. The summed E-state index contributed by atoms with van der Waals surface area (Å²) in [6, 6.07) is 2.20. The first kappa shape index (κ1) is 11.1. The number of hydrogen-bond donors (Lipinski definition) is 1. The van der Waals surface area contributed by atoms with Crippen LogP contribution in [0.5, 0.6) is 0 Å². The summed E-state index contributed by atoms with van der Waals surface area (Å²) in [5.41, 5.74) is -0.922. The highest BCUT2D eigenvalue weighted by Crippen LogP contribution is 2.47. The molecule has 1 rings (SSSR count). The summed E-state index contributed by atoms with van der Waals surface area (Å²) >= 11 is 0. The molecule has 0 bridgehead atoms. The maximum atomic E-state index is 9.78. The minimum absolute atomic E-state index is 0.226. The van der Waals surface area contributed by atoms with Crippen molar-refractivity contribution in [2.24, 2.45) is 16.7 Å². The standard InChI is InChI=1S/C12H17NO/c1-9(2)10(14)7-11(3,4)12(8-13)5-6-12/h9-10,14H,7H2,1-4H3. The normalized spacial score (nSPS) is 19.5. The fourth-order valence-corrected chi connectivity index (χ4v) is 1.52. The minimum Gasteiger partial charge on any atom is -0.393 e. The van der Waals surface area contributed by atoms with Gasteiger partial charge < -0.3 is 5.11 Å². The van der Waals surface area contributed by atoms with E-state index in [4.69, 9.17) is 5.26 Å². The van der Waals surface area contributed by atoms with Crippen LogP contribution in [-0.4, -0.2) is 11.2 Å². The SMILES string of the molecule is CC(C)C(O)CC(C)(C)C1(C#N)C#C1. The molecule has 1 aliphatic rings. The van der Waals surface area contributed by atoms with E-state index in [-0.39, 0.29) is 17.4 Å². The van der Waals surface area contributed by atoms with Gasteiger partial charge in [0.15, 0.2) is 5.41 Å². The molecule has 0 aromatic rings. The summed E-state index contributed by atoms with van der Waals surface area (Å²) in [4.78, 5) is 0. The average molecular weight is 191 g/mol. The Labute approximate surface area is 85.9 Å². The van der Waals surface area contributed by atoms with Gasteiger partial charge in [-0.25, -0.2) is 0 Å². The Morgan fingerprint density at radius 2 is 1.93 bits per heavy atom. The number of rotatable bonds is 4. The van der Waals surface area contributed by atoms with Crippen LogP contribution in [0.15, 0.2) is 0 Å². The first-order valence-electron chi connectivity index (χ1n) is 4.98. The summed E-state index contributed by atoms with van der Waals surface area (Å²) in [6.45, 7) is 7.92. The van der Waals surface area contributed by atoms with Crippen molar-refractivity contribution in [3.63, 3.8) is 0 Å². The van der Waals surface area contributed by atoms with Crippen LogP contribution in [0.4, 0.5) is 0 Å². The summed E-state index contributed by atoms with van der Waals surface area (Å²) in [5, 5.41) is 18.8. The molecule has 0 fully saturated rings. The summed E-state index contributed by atoms with van der Waals surface area (Å²) < 4.78 is 0. The highest BCUT2D eigenvalue weighted by atomic mass is 16.3. The molecule has 1 aliphatic carbocycles. The van der Waals surface area contributed by atoms with Gasteiger partial charge >= 0.3 is 0 Å². The molecule has 14 heavy (non-hydrogen) atoms. The molecule has 2 nitrogen and oxygen atoms in total. The lowest BCUT2D eigenvalue weighted by molar-refractivity contribution is 0.0605. The van der Waals surface area contributed by atoms with Gasteiger partial charge in [0, 0.05) is 5.41 Å². The molecule has 0 aromatic heterocycles. The van der Waals surface area contributed by atoms with Crippen molar-refractivity contribution in [3.05, 3.63) is 0 Å². The van der Waals surface area contributed by atoms with Gasteiger partial charge in [0.25, 0.3) is 0 Å². The molecule has 1 unspecified atom stereocenters. The first-order chi connectivity index (χ1) is 6.34. The molecule has 0 saturated heterocycles. The third-order valence-corrected chi connectivity index (χ3v) is 3.05. The van der Waals surface area contributed by atoms with Crippen LogP contribution >= 0.6 is 0 Å². The second-order valence-electron chi connectivity index (χ2n) is 5.01. The number of hydrogen-bond acceptors (Lipinski definition) is 2. The Balaban J connectivity index is 2.64. The third-order valence-electron chi connectivity index (χ3n) is 3.05. The van der Waals surface area contributed by atoms with Crippen LogP contribution in [0.25, 0.3) is 0 Å². The van der Waals surface area contributed by atoms with Gasteiger partial charge in [-0.05, 0) is 12.3 Å². The molecule has 0 saturated carbocycles. The van der Waals surface area contributed by atoms with Crippen LogP contribution < -0.4 is 0 Å². The van der Waals surface area contributed by atoms with E-state index in [2.05, 4.69) is 17.9 Å². The van der Waals surface area contributed by atoms with E-state index in [0.717, 1.165) is 0 Å². The molecule has 1 atom stereocenters. The Morgan fingerprint density at radius 3 is 2.21 bits per heavy atom. The van der Waals surface area contributed by atoms with Crippen molar-refractivity contribution in [2.45, 2.75) is 40.2 Å². The molecule has 0 radical (unpaired) electrons. The van der Waals surface area contributed by atoms with E-state index in [1.165, 1.54) is 0 Å². The molecular formula is C12H17NO. The fourth-order valence-electron chi connectivity index (χ4n) is 1.52. The van der Waals surface area contributed by atoms with Crippen LogP contribution in [0.3, 0.4) is 0 Å². The zero-order chi connectivity index (χ0) is 11.0. The molecule has 0 amide bonds. The molecule has 0 aromatic carbocycles. The van der Waals surface area contributed by atoms with Crippen molar-refractivity contribution >= 4 is 0 Å². The fraction of sp³-hybridized carbons (Fsp3) is 0.750. The van der Waals surface area contributed by atoms with Crippen LogP contribution in [0.2, 0.25) is 0 Å². The summed E-state index contributed by atoms with van der Waals surface area (Å²) in [5.74, 6) is 5.95. The van der Waals surface area contributed by atoms with E-state index < -0.39 is 5.41 Å². The van der Waals surface area contributed by atoms with E-state index in [0.29, 0.717) is 6.42 Å². The van der Waals surface area contributed by atoms with Gasteiger partial charge in [0.1, 0.15) is 0 Å². The molecule has 0 aliphatic heterocycles. The Hall–Kier alpha value is -0.990. The Kier molecular flexibility index (Phi) is 2.61. The Morgan fingerprint density at radius 1 is 1.43 bits per heavy atom. The highest BCUT2D eigenvalue weighted by Gasteiger charge is 2.50. The molecule has 76 valence electrons. The Bertz CT molecular complexity index is 316. The highest BCUT2D eigenvalue weighted by molar-refractivity contribution is 5.51. The predicted octanol–water partition coefficient (Wildman–Crippen LogP) is 1.95. The quantitative estimate of drug-likeness (QED) is 0.690. The molecule has 1 N–H and O–H groups in total. The van der Waals surface area contributed by atoms with Crippen molar-refractivity contribution in [1.82, 2.24) is 0 Å². The molecule has 2 heteroatoms. The van der Waals surface area contributed by atoms with E-state index in [1.807, 2.05) is 27.7 Å².